The fourth-order valence-corrected chi connectivity index (χ4v) is 2.93. The Bertz CT molecular complexity index is 1030. The molecule has 4 N–H and O–H groups in total. The van der Waals surface area contributed by atoms with Crippen molar-refractivity contribution in [2.75, 3.05) is 20.8 Å². The number of rotatable bonds is 9. The summed E-state index contributed by atoms with van der Waals surface area (Å²) in [5, 5.41) is 10.6. The third kappa shape index (κ3) is 4.99. The van der Waals surface area contributed by atoms with Crippen LogP contribution in [0.1, 0.15) is 40.7 Å². The summed E-state index contributed by atoms with van der Waals surface area (Å²) >= 11 is 0. The van der Waals surface area contributed by atoms with E-state index in [2.05, 4.69) is 16.3 Å². The van der Waals surface area contributed by atoms with E-state index in [9.17, 15) is 19.5 Å². The van der Waals surface area contributed by atoms with Crippen molar-refractivity contribution >= 4 is 11.9 Å². The highest BCUT2D eigenvalue weighted by atomic mass is 16.5. The fraction of sp³-hybridized carbons (Fsp3) is 0.286. The number of carbonyl (C=O) groups is 2. The van der Waals surface area contributed by atoms with Gasteiger partial charge in [0.1, 0.15) is 17.9 Å². The summed E-state index contributed by atoms with van der Waals surface area (Å²) in [7, 11) is 2.58. The van der Waals surface area contributed by atoms with Crippen molar-refractivity contribution in [1.29, 1.82) is 0 Å². The molecule has 0 aliphatic rings. The largest absolute Gasteiger partial charge is 0.506 e. The minimum absolute atomic E-state index is 0.186. The molecule has 0 fully saturated rings. The maximum Gasteiger partial charge on any atom is 0.343 e. The molecule has 1 aromatic heterocycles. The molecule has 1 atom stereocenters. The first kappa shape index (κ1) is 22.5. The number of hydrogen-bond acceptors (Lipinski definition) is 7. The molecule has 0 aliphatic heterocycles. The molecule has 0 aliphatic carbocycles. The number of nitrogens with one attached hydrogen (secondary N) is 1. The fourth-order valence-electron chi connectivity index (χ4n) is 2.93. The second kappa shape index (κ2) is 9.64. The summed E-state index contributed by atoms with van der Waals surface area (Å²) in [4.78, 5) is 38.5. The number of ether oxygens (including phenoxy) is 3. The summed E-state index contributed by atoms with van der Waals surface area (Å²) in [6, 6.07) is 4.80. The predicted octanol–water partition coefficient (Wildman–Crippen LogP) is 1.84. The van der Waals surface area contributed by atoms with E-state index in [1.54, 1.807) is 18.2 Å². The van der Waals surface area contributed by atoms with Crippen molar-refractivity contribution in [2.24, 2.45) is 5.73 Å². The van der Waals surface area contributed by atoms with Gasteiger partial charge in [0.15, 0.2) is 11.5 Å². The molecule has 0 spiro atoms. The average molecular weight is 416 g/mol. The molecule has 1 heterocycles. The van der Waals surface area contributed by atoms with E-state index in [0.717, 1.165) is 18.9 Å². The summed E-state index contributed by atoms with van der Waals surface area (Å²) in [5.41, 5.74) is 5.55. The zero-order valence-electron chi connectivity index (χ0n) is 17.0. The van der Waals surface area contributed by atoms with Gasteiger partial charge in [0.25, 0.3) is 5.56 Å². The Morgan fingerprint density at radius 2 is 1.97 bits per heavy atom. The number of methoxy groups -OCH3 is 2. The molecule has 0 unspecified atom stereocenters. The van der Waals surface area contributed by atoms with Crippen LogP contribution in [-0.4, -0.2) is 42.8 Å². The number of esters is 1. The predicted molar refractivity (Wildman–Crippen MR) is 109 cm³/mol. The number of hydrogen-bond donors (Lipinski definition) is 3. The zero-order valence-corrected chi connectivity index (χ0v) is 17.0. The minimum atomic E-state index is -0.944. The van der Waals surface area contributed by atoms with Gasteiger partial charge in [0.2, 0.25) is 5.91 Å². The third-order valence-electron chi connectivity index (χ3n) is 4.33. The number of aromatic nitrogens is 1. The molecule has 2 aromatic rings. The first-order chi connectivity index (χ1) is 14.2. The van der Waals surface area contributed by atoms with Gasteiger partial charge in [-0.15, -0.1) is 0 Å². The van der Waals surface area contributed by atoms with Crippen molar-refractivity contribution in [1.82, 2.24) is 4.98 Å². The van der Waals surface area contributed by atoms with Crippen LogP contribution in [0.3, 0.4) is 0 Å². The van der Waals surface area contributed by atoms with E-state index in [1.807, 2.05) is 6.92 Å². The highest BCUT2D eigenvalue weighted by Crippen LogP contribution is 2.37. The Hall–Kier alpha value is -3.75. The Balaban J connectivity index is 2.62. The molecule has 30 heavy (non-hydrogen) atoms. The maximum atomic E-state index is 12.5. The summed E-state index contributed by atoms with van der Waals surface area (Å²) in [6.45, 7) is 5.86. The quantitative estimate of drug-likeness (QED) is 0.418. The van der Waals surface area contributed by atoms with Gasteiger partial charge in [-0.05, 0) is 30.2 Å². The minimum Gasteiger partial charge on any atom is -0.506 e. The number of aromatic amines is 1. The van der Waals surface area contributed by atoms with Crippen molar-refractivity contribution in [3.05, 3.63) is 63.6 Å². The number of pyridine rings is 1. The van der Waals surface area contributed by atoms with Crippen molar-refractivity contribution in [2.45, 2.75) is 19.3 Å². The van der Waals surface area contributed by atoms with Gasteiger partial charge in [-0.2, -0.15) is 0 Å². The molecule has 160 valence electrons. The average Bonchev–Trinajstić information content (AvgIpc) is 2.70. The van der Waals surface area contributed by atoms with Crippen LogP contribution < -0.4 is 20.8 Å². The summed E-state index contributed by atoms with van der Waals surface area (Å²) in [5.74, 6) is -2.29. The van der Waals surface area contributed by atoms with Crippen molar-refractivity contribution in [3.63, 3.8) is 0 Å². The standard InChI is InChI=1S/C21H24N2O7/c1-11(2)10-30-15-6-5-12(7-16(15)28-3)13(8-17(22)24)18-19(25)14(21(27)29-4)9-23-20(18)26/h5-7,9,13H,1,8,10H2,2-4H3,(H2,22,24)(H2,23,25,26)/t13-/m0/s1. The van der Waals surface area contributed by atoms with E-state index < -0.39 is 29.1 Å². The molecule has 0 radical (unpaired) electrons. The number of aromatic hydroxyl groups is 1. The van der Waals surface area contributed by atoms with Gasteiger partial charge in [-0.3, -0.25) is 9.59 Å². The van der Waals surface area contributed by atoms with E-state index >= 15 is 0 Å². The van der Waals surface area contributed by atoms with Crippen LogP contribution in [0.25, 0.3) is 0 Å². The van der Waals surface area contributed by atoms with Crippen LogP contribution in [-0.2, 0) is 9.53 Å². The molecular formula is C21H24N2O7. The Kier molecular flexibility index (Phi) is 7.24. The monoisotopic (exact) mass is 416 g/mol. The first-order valence-electron chi connectivity index (χ1n) is 8.95. The molecule has 9 nitrogen and oxygen atoms in total. The molecule has 0 saturated heterocycles. The van der Waals surface area contributed by atoms with E-state index in [1.165, 1.54) is 7.11 Å². The molecular weight excluding hydrogens is 392 g/mol. The van der Waals surface area contributed by atoms with Crippen molar-refractivity contribution < 1.29 is 28.9 Å². The lowest BCUT2D eigenvalue weighted by Gasteiger charge is -2.20. The summed E-state index contributed by atoms with van der Waals surface area (Å²) in [6.07, 6.45) is 0.750. The van der Waals surface area contributed by atoms with Gasteiger partial charge in [-0.1, -0.05) is 12.6 Å². The van der Waals surface area contributed by atoms with Crippen LogP contribution in [0.15, 0.2) is 41.3 Å². The molecule has 9 heteroatoms. The number of benzene rings is 1. The Labute approximate surface area is 173 Å². The van der Waals surface area contributed by atoms with Gasteiger partial charge in [0, 0.05) is 18.5 Å². The smallest absolute Gasteiger partial charge is 0.343 e. The number of amides is 1. The number of carbonyl (C=O) groups excluding carboxylic acids is 2. The normalized spacial score (nSPS) is 11.4. The van der Waals surface area contributed by atoms with Gasteiger partial charge < -0.3 is 30.0 Å². The van der Waals surface area contributed by atoms with Crippen LogP contribution in [0.4, 0.5) is 0 Å². The Morgan fingerprint density at radius 1 is 1.27 bits per heavy atom. The van der Waals surface area contributed by atoms with Gasteiger partial charge >= 0.3 is 5.97 Å². The zero-order chi connectivity index (χ0) is 22.4. The molecule has 0 bridgehead atoms. The van der Waals surface area contributed by atoms with Crippen LogP contribution in [0.2, 0.25) is 0 Å². The van der Waals surface area contributed by atoms with Crippen LogP contribution in [0, 0.1) is 0 Å². The summed E-state index contributed by atoms with van der Waals surface area (Å²) < 4.78 is 15.6. The van der Waals surface area contributed by atoms with E-state index in [-0.39, 0.29) is 24.2 Å². The third-order valence-corrected chi connectivity index (χ3v) is 4.33. The van der Waals surface area contributed by atoms with E-state index in [0.29, 0.717) is 17.1 Å². The lowest BCUT2D eigenvalue weighted by molar-refractivity contribution is -0.118. The van der Waals surface area contributed by atoms with E-state index in [4.69, 9.17) is 15.2 Å². The van der Waals surface area contributed by atoms with Crippen LogP contribution >= 0.6 is 0 Å². The van der Waals surface area contributed by atoms with Gasteiger partial charge in [-0.25, -0.2) is 4.79 Å². The topological polar surface area (TPSA) is 141 Å². The number of H-pyrrole nitrogens is 1. The van der Waals surface area contributed by atoms with Crippen LogP contribution in [0.5, 0.6) is 17.2 Å². The molecule has 0 saturated carbocycles. The molecule has 1 aromatic carbocycles. The lowest BCUT2D eigenvalue weighted by Crippen LogP contribution is -2.24. The van der Waals surface area contributed by atoms with Gasteiger partial charge in [0.05, 0.1) is 19.8 Å². The highest BCUT2D eigenvalue weighted by Gasteiger charge is 2.28. The molecule has 1 amide bonds. The lowest BCUT2D eigenvalue weighted by atomic mass is 9.87. The second-order valence-electron chi connectivity index (χ2n) is 6.66. The Morgan fingerprint density at radius 3 is 2.53 bits per heavy atom. The van der Waals surface area contributed by atoms with Crippen molar-refractivity contribution in [3.8, 4) is 17.2 Å². The highest BCUT2D eigenvalue weighted by molar-refractivity contribution is 5.92. The second-order valence-corrected chi connectivity index (χ2v) is 6.66. The molecule has 2 rings (SSSR count). The SMILES string of the molecule is C=C(C)COc1ccc([C@H](CC(N)=O)c2c(O)c(C(=O)OC)c[nH]c2=O)cc1OC. The number of primary amides is 1. The maximum absolute atomic E-state index is 12.5. The first-order valence-corrected chi connectivity index (χ1v) is 8.95. The number of nitrogens with two attached hydrogens (primary N) is 1.